The Hall–Kier alpha value is -0.150. The van der Waals surface area contributed by atoms with E-state index in [9.17, 15) is 4.79 Å². The first kappa shape index (κ1) is 8.94. The van der Waals surface area contributed by atoms with Gasteiger partial charge in [-0.1, -0.05) is 0 Å². The van der Waals surface area contributed by atoms with E-state index in [0.29, 0.717) is 6.54 Å². The summed E-state index contributed by atoms with van der Waals surface area (Å²) in [6.07, 6.45) is 0. The van der Waals surface area contributed by atoms with Gasteiger partial charge in [0.2, 0.25) is 0 Å². The van der Waals surface area contributed by atoms with Crippen molar-refractivity contribution < 1.29 is 4.79 Å². The van der Waals surface area contributed by atoms with Crippen LogP contribution in [0.2, 0.25) is 0 Å². The van der Waals surface area contributed by atoms with Gasteiger partial charge >= 0.3 is 0 Å². The highest BCUT2D eigenvalue weighted by Gasteiger charge is 2.45. The third kappa shape index (κ3) is 1.27. The third-order valence-electron chi connectivity index (χ3n) is 2.02. The molecule has 0 aromatic rings. The van der Waals surface area contributed by atoms with E-state index in [-0.39, 0.29) is 5.78 Å². The Morgan fingerprint density at radius 1 is 1.82 bits per heavy atom. The molecule has 1 aliphatic rings. The van der Waals surface area contributed by atoms with Gasteiger partial charge in [0.05, 0.1) is 11.6 Å². The summed E-state index contributed by atoms with van der Waals surface area (Å²) in [6, 6.07) is 2.00. The summed E-state index contributed by atoms with van der Waals surface area (Å²) in [5.74, 6) is -0.392. The summed E-state index contributed by atoms with van der Waals surface area (Å²) >= 11 is 2.09. The predicted molar refractivity (Wildman–Crippen MR) is 48.9 cm³/mol. The Bertz CT molecular complexity index is 231. The van der Waals surface area contributed by atoms with Crippen molar-refractivity contribution in [2.24, 2.45) is 5.92 Å². The molecule has 1 atom stereocenters. The minimum atomic E-state index is -0.457. The lowest BCUT2D eigenvalue weighted by Crippen LogP contribution is -2.36. The van der Waals surface area contributed by atoms with Crippen molar-refractivity contribution >= 4 is 28.6 Å². The smallest absolute Gasteiger partial charge is 0.171 e. The van der Waals surface area contributed by atoms with Crippen molar-refractivity contribution in [2.75, 3.05) is 6.54 Å². The molecule has 1 fully saturated rings. The molecule has 0 aromatic carbocycles. The van der Waals surface area contributed by atoms with Crippen LogP contribution >= 0.6 is 22.9 Å². The fourth-order valence-corrected chi connectivity index (χ4v) is 1.75. The number of carbonyl (C=O) groups is 1. The number of halogens is 1. The van der Waals surface area contributed by atoms with Gasteiger partial charge in [-0.25, -0.2) is 3.11 Å². The summed E-state index contributed by atoms with van der Waals surface area (Å²) in [6.45, 7) is 4.25. The van der Waals surface area contributed by atoms with Gasteiger partial charge in [-0.3, -0.25) is 4.79 Å². The number of hydrogen-bond donors (Lipinski definition) is 0. The van der Waals surface area contributed by atoms with Gasteiger partial charge in [0.1, 0.15) is 5.92 Å². The second kappa shape index (κ2) is 2.72. The molecule has 0 radical (unpaired) electrons. The van der Waals surface area contributed by atoms with Crippen LogP contribution in [0.5, 0.6) is 0 Å². The molecule has 0 saturated carbocycles. The average molecular weight is 264 g/mol. The summed E-state index contributed by atoms with van der Waals surface area (Å²) in [5.41, 5.74) is -0.457. The Kier molecular flexibility index (Phi) is 2.21. The van der Waals surface area contributed by atoms with Crippen LogP contribution in [0.3, 0.4) is 0 Å². The highest BCUT2D eigenvalue weighted by molar-refractivity contribution is 14.1. The lowest BCUT2D eigenvalue weighted by molar-refractivity contribution is -0.123. The van der Waals surface area contributed by atoms with Crippen molar-refractivity contribution in [3.63, 3.8) is 0 Å². The van der Waals surface area contributed by atoms with Gasteiger partial charge in [-0.2, -0.15) is 5.26 Å². The summed E-state index contributed by atoms with van der Waals surface area (Å²) in [4.78, 5) is 11.4. The zero-order chi connectivity index (χ0) is 8.65. The molecule has 1 aliphatic heterocycles. The van der Waals surface area contributed by atoms with Crippen LogP contribution in [0.4, 0.5) is 0 Å². The number of rotatable bonds is 0. The van der Waals surface area contributed by atoms with Crippen LogP contribution in [0.25, 0.3) is 0 Å². The molecule has 3 nitrogen and oxygen atoms in total. The first-order valence-electron chi connectivity index (χ1n) is 3.37. The van der Waals surface area contributed by atoms with Crippen LogP contribution in [-0.2, 0) is 4.79 Å². The van der Waals surface area contributed by atoms with E-state index in [2.05, 4.69) is 22.9 Å². The van der Waals surface area contributed by atoms with Crippen LogP contribution in [0.15, 0.2) is 0 Å². The van der Waals surface area contributed by atoms with E-state index in [4.69, 9.17) is 5.26 Å². The molecule has 0 N–H and O–H groups in total. The first-order chi connectivity index (χ1) is 5.00. The van der Waals surface area contributed by atoms with E-state index in [1.807, 2.05) is 23.0 Å². The van der Waals surface area contributed by atoms with E-state index in [1.54, 1.807) is 0 Å². The second-order valence-electron chi connectivity index (χ2n) is 3.15. The molecule has 60 valence electrons. The van der Waals surface area contributed by atoms with E-state index < -0.39 is 11.5 Å². The maximum Gasteiger partial charge on any atom is 0.171 e. The lowest BCUT2D eigenvalue weighted by Gasteiger charge is -2.22. The van der Waals surface area contributed by atoms with Crippen molar-refractivity contribution in [1.82, 2.24) is 3.11 Å². The monoisotopic (exact) mass is 264 g/mol. The molecule has 0 aromatic heterocycles. The van der Waals surface area contributed by atoms with Crippen LogP contribution in [0.1, 0.15) is 13.8 Å². The number of nitriles is 1. The molecular weight excluding hydrogens is 255 g/mol. The average Bonchev–Trinajstić information content (AvgIpc) is 2.14. The van der Waals surface area contributed by atoms with Gasteiger partial charge in [0, 0.05) is 29.4 Å². The molecule has 1 saturated heterocycles. The van der Waals surface area contributed by atoms with Gasteiger partial charge in [0.15, 0.2) is 5.78 Å². The van der Waals surface area contributed by atoms with Gasteiger partial charge in [-0.15, -0.1) is 0 Å². The van der Waals surface area contributed by atoms with Gasteiger partial charge in [0.25, 0.3) is 0 Å². The molecule has 1 rings (SSSR count). The molecule has 0 aliphatic carbocycles. The molecule has 1 heterocycles. The molecule has 4 heteroatoms. The third-order valence-corrected chi connectivity index (χ3v) is 3.62. The maximum atomic E-state index is 11.4. The minimum Gasteiger partial charge on any atom is -0.296 e. The Balaban J connectivity index is 2.91. The number of Topliss-reactive ketones (excluding diaryl/α,β-unsaturated/α-hetero) is 1. The fraction of sp³-hybridized carbons (Fsp3) is 0.714. The normalized spacial score (nSPS) is 30.4. The molecular formula is C7H9IN2O. The summed E-state index contributed by atoms with van der Waals surface area (Å²) in [7, 11) is 0. The number of hydrogen-bond acceptors (Lipinski definition) is 3. The first-order valence-corrected chi connectivity index (χ1v) is 4.34. The topological polar surface area (TPSA) is 44.1 Å². The molecule has 11 heavy (non-hydrogen) atoms. The minimum absolute atomic E-state index is 0.0365. The Morgan fingerprint density at radius 2 is 2.36 bits per heavy atom. The SMILES string of the molecule is CC1(C)C(=O)C(C#N)CN1I. The van der Waals surface area contributed by atoms with Gasteiger partial charge < -0.3 is 0 Å². The van der Waals surface area contributed by atoms with Crippen molar-refractivity contribution in [2.45, 2.75) is 19.4 Å². The Labute approximate surface area is 79.9 Å². The van der Waals surface area contributed by atoms with Crippen LogP contribution in [0, 0.1) is 17.2 Å². The highest BCUT2D eigenvalue weighted by Crippen LogP contribution is 2.31. The Morgan fingerprint density at radius 3 is 2.55 bits per heavy atom. The van der Waals surface area contributed by atoms with E-state index >= 15 is 0 Å². The number of ketones is 1. The van der Waals surface area contributed by atoms with E-state index in [0.717, 1.165) is 0 Å². The molecule has 0 spiro atoms. The van der Waals surface area contributed by atoms with E-state index in [1.165, 1.54) is 0 Å². The van der Waals surface area contributed by atoms with Gasteiger partial charge in [-0.05, 0) is 13.8 Å². The lowest BCUT2D eigenvalue weighted by atomic mass is 9.96. The quantitative estimate of drug-likeness (QED) is 0.486. The molecule has 1 unspecified atom stereocenters. The van der Waals surface area contributed by atoms with Crippen LogP contribution in [-0.4, -0.2) is 21.0 Å². The fourth-order valence-electron chi connectivity index (χ4n) is 1.12. The van der Waals surface area contributed by atoms with Crippen LogP contribution < -0.4 is 0 Å². The number of nitrogens with zero attached hydrogens (tertiary/aromatic N) is 2. The van der Waals surface area contributed by atoms with Crippen molar-refractivity contribution in [3.8, 4) is 6.07 Å². The molecule has 0 bridgehead atoms. The predicted octanol–water partition coefficient (Wildman–Crippen LogP) is 1.14. The number of carbonyl (C=O) groups excluding carboxylic acids is 1. The molecule has 0 amide bonds. The zero-order valence-corrected chi connectivity index (χ0v) is 8.62. The summed E-state index contributed by atoms with van der Waals surface area (Å²) in [5, 5.41) is 8.59. The zero-order valence-electron chi connectivity index (χ0n) is 6.47. The van der Waals surface area contributed by atoms with Crippen molar-refractivity contribution in [1.29, 1.82) is 5.26 Å². The summed E-state index contributed by atoms with van der Waals surface area (Å²) < 4.78 is 1.89. The second-order valence-corrected chi connectivity index (χ2v) is 4.31. The standard InChI is InChI=1S/C7H9IN2O/c1-7(2)6(11)5(3-9)4-10(7)8/h5H,4H2,1-2H3. The maximum absolute atomic E-state index is 11.4. The highest BCUT2D eigenvalue weighted by atomic mass is 127. The van der Waals surface area contributed by atoms with Crippen molar-refractivity contribution in [3.05, 3.63) is 0 Å². The largest absolute Gasteiger partial charge is 0.296 e.